The Morgan fingerprint density at radius 1 is 1.12 bits per heavy atom. The molecule has 0 bridgehead atoms. The summed E-state index contributed by atoms with van der Waals surface area (Å²) >= 11 is 0. The molecule has 94 valence electrons. The van der Waals surface area contributed by atoms with Crippen molar-refractivity contribution in [3.05, 3.63) is 0 Å². The predicted molar refractivity (Wildman–Crippen MR) is 62.8 cm³/mol. The van der Waals surface area contributed by atoms with Crippen LogP contribution in [0.5, 0.6) is 0 Å². The predicted octanol–water partition coefficient (Wildman–Crippen LogP) is 0.485. The first kappa shape index (κ1) is 15.2. The summed E-state index contributed by atoms with van der Waals surface area (Å²) in [6, 6.07) is 0. The number of hydrogen-bond donors (Lipinski definition) is 2. The Kier molecular flexibility index (Phi) is 7.93. The zero-order chi connectivity index (χ0) is 11.1. The lowest BCUT2D eigenvalue weighted by atomic mass is 10.2. The van der Waals surface area contributed by atoms with Gasteiger partial charge in [-0.05, 0) is 25.9 Å². The van der Waals surface area contributed by atoms with Gasteiger partial charge in [0.05, 0.1) is 6.54 Å². The minimum absolute atomic E-state index is 0. The molecule has 16 heavy (non-hydrogen) atoms. The highest BCUT2D eigenvalue weighted by atomic mass is 35.5. The van der Waals surface area contributed by atoms with Gasteiger partial charge in [0.1, 0.15) is 6.54 Å². The molecule has 0 aliphatic carbocycles. The number of nitrogens with one attached hydrogen (secondary N) is 1. The number of hydrogen-bond acceptors (Lipinski definition) is 3. The topological polar surface area (TPSA) is 69.6 Å². The molecular formula is C10H19ClN2O3. The summed E-state index contributed by atoms with van der Waals surface area (Å²) in [4.78, 5) is 23.6. The summed E-state index contributed by atoms with van der Waals surface area (Å²) in [7, 11) is 0. The quantitative estimate of drug-likeness (QED) is 0.762. The SMILES string of the molecule is Cl.O=C(O)CNC(=O)CN1CCCCCC1. The lowest BCUT2D eigenvalue weighted by molar-refractivity contribution is -0.138. The van der Waals surface area contributed by atoms with Gasteiger partial charge in [0, 0.05) is 0 Å². The van der Waals surface area contributed by atoms with Crippen molar-refractivity contribution < 1.29 is 14.7 Å². The molecule has 6 heteroatoms. The number of nitrogens with zero attached hydrogens (tertiary/aromatic N) is 1. The van der Waals surface area contributed by atoms with Crippen molar-refractivity contribution in [1.29, 1.82) is 0 Å². The first-order valence-corrected chi connectivity index (χ1v) is 5.39. The Labute approximate surface area is 102 Å². The lowest BCUT2D eigenvalue weighted by Crippen LogP contribution is -2.39. The lowest BCUT2D eigenvalue weighted by Gasteiger charge is -2.18. The number of carboxylic acid groups (broad SMARTS) is 1. The smallest absolute Gasteiger partial charge is 0.322 e. The molecule has 0 aromatic rings. The molecule has 1 rings (SSSR count). The fourth-order valence-electron chi connectivity index (χ4n) is 1.73. The average molecular weight is 251 g/mol. The Bertz CT molecular complexity index is 228. The zero-order valence-electron chi connectivity index (χ0n) is 9.28. The van der Waals surface area contributed by atoms with Gasteiger partial charge in [0.25, 0.3) is 0 Å². The molecule has 0 radical (unpaired) electrons. The summed E-state index contributed by atoms with van der Waals surface area (Å²) in [5, 5.41) is 10.8. The van der Waals surface area contributed by atoms with E-state index in [0.717, 1.165) is 25.9 Å². The first-order valence-electron chi connectivity index (χ1n) is 5.39. The molecule has 1 aliphatic heterocycles. The number of halogens is 1. The molecule has 1 amide bonds. The Balaban J connectivity index is 0.00000225. The van der Waals surface area contributed by atoms with Crippen molar-refractivity contribution in [3.63, 3.8) is 0 Å². The fourth-order valence-corrected chi connectivity index (χ4v) is 1.73. The van der Waals surface area contributed by atoms with Crippen LogP contribution in [-0.4, -0.2) is 48.1 Å². The second-order valence-electron chi connectivity index (χ2n) is 3.86. The van der Waals surface area contributed by atoms with Crippen LogP contribution in [-0.2, 0) is 9.59 Å². The van der Waals surface area contributed by atoms with E-state index < -0.39 is 5.97 Å². The van der Waals surface area contributed by atoms with Crippen molar-refractivity contribution in [1.82, 2.24) is 10.2 Å². The highest BCUT2D eigenvalue weighted by molar-refractivity contribution is 5.85. The highest BCUT2D eigenvalue weighted by Crippen LogP contribution is 2.08. The van der Waals surface area contributed by atoms with Gasteiger partial charge < -0.3 is 10.4 Å². The number of amides is 1. The standard InChI is InChI=1S/C10H18N2O3.ClH/c13-9(11-7-10(14)15)8-12-5-3-1-2-4-6-12;/h1-8H2,(H,11,13)(H,14,15);1H. The molecule has 0 unspecified atom stereocenters. The van der Waals surface area contributed by atoms with Gasteiger partial charge in [-0.2, -0.15) is 0 Å². The van der Waals surface area contributed by atoms with Crippen molar-refractivity contribution in [2.45, 2.75) is 25.7 Å². The molecule has 0 aromatic carbocycles. The van der Waals surface area contributed by atoms with E-state index in [4.69, 9.17) is 5.11 Å². The van der Waals surface area contributed by atoms with Crippen molar-refractivity contribution in [2.75, 3.05) is 26.2 Å². The first-order chi connectivity index (χ1) is 7.18. The van der Waals surface area contributed by atoms with Crippen LogP contribution in [0.25, 0.3) is 0 Å². The van der Waals surface area contributed by atoms with Crippen LogP contribution in [0, 0.1) is 0 Å². The van der Waals surface area contributed by atoms with Crippen LogP contribution >= 0.6 is 12.4 Å². The van der Waals surface area contributed by atoms with Crippen LogP contribution in [0.2, 0.25) is 0 Å². The van der Waals surface area contributed by atoms with E-state index in [1.807, 2.05) is 0 Å². The minimum atomic E-state index is -1.00. The van der Waals surface area contributed by atoms with Gasteiger partial charge in [-0.25, -0.2) is 0 Å². The number of aliphatic carboxylic acids is 1. The molecule has 0 atom stereocenters. The van der Waals surface area contributed by atoms with Gasteiger partial charge in [-0.15, -0.1) is 12.4 Å². The molecule has 0 spiro atoms. The van der Waals surface area contributed by atoms with E-state index in [1.54, 1.807) is 0 Å². The number of carbonyl (C=O) groups is 2. The third kappa shape index (κ3) is 6.63. The van der Waals surface area contributed by atoms with Crippen molar-refractivity contribution >= 4 is 24.3 Å². The number of carboxylic acids is 1. The average Bonchev–Trinajstić information content (AvgIpc) is 2.43. The largest absolute Gasteiger partial charge is 0.480 e. The number of rotatable bonds is 4. The molecule has 0 aromatic heterocycles. The summed E-state index contributed by atoms with van der Waals surface area (Å²) in [5.74, 6) is -1.20. The molecular weight excluding hydrogens is 232 g/mol. The van der Waals surface area contributed by atoms with E-state index in [2.05, 4.69) is 10.2 Å². The zero-order valence-corrected chi connectivity index (χ0v) is 10.1. The summed E-state index contributed by atoms with van der Waals surface area (Å²) < 4.78 is 0. The Morgan fingerprint density at radius 2 is 1.69 bits per heavy atom. The second kappa shape index (κ2) is 8.35. The number of carbonyl (C=O) groups excluding carboxylic acids is 1. The van der Waals surface area contributed by atoms with E-state index in [9.17, 15) is 9.59 Å². The van der Waals surface area contributed by atoms with Crippen LogP contribution in [0.15, 0.2) is 0 Å². The van der Waals surface area contributed by atoms with Gasteiger partial charge >= 0.3 is 5.97 Å². The van der Waals surface area contributed by atoms with Gasteiger partial charge in [-0.3, -0.25) is 14.5 Å². The maximum atomic E-state index is 11.3. The molecule has 0 saturated carbocycles. The van der Waals surface area contributed by atoms with Gasteiger partial charge in [0.2, 0.25) is 5.91 Å². The summed E-state index contributed by atoms with van der Waals surface area (Å²) in [5.41, 5.74) is 0. The Morgan fingerprint density at radius 3 is 2.19 bits per heavy atom. The fraction of sp³-hybridized carbons (Fsp3) is 0.800. The summed E-state index contributed by atoms with van der Waals surface area (Å²) in [6.07, 6.45) is 4.72. The van der Waals surface area contributed by atoms with Crippen LogP contribution < -0.4 is 5.32 Å². The summed E-state index contributed by atoms with van der Waals surface area (Å²) in [6.45, 7) is 1.93. The van der Waals surface area contributed by atoms with Crippen molar-refractivity contribution in [2.24, 2.45) is 0 Å². The van der Waals surface area contributed by atoms with Gasteiger partial charge in [0.15, 0.2) is 0 Å². The van der Waals surface area contributed by atoms with E-state index >= 15 is 0 Å². The number of likely N-dealkylation sites (tertiary alicyclic amines) is 1. The molecule has 1 heterocycles. The normalized spacial score (nSPS) is 17.0. The molecule has 5 nitrogen and oxygen atoms in total. The maximum Gasteiger partial charge on any atom is 0.322 e. The third-order valence-corrected chi connectivity index (χ3v) is 2.50. The molecule has 1 saturated heterocycles. The van der Waals surface area contributed by atoms with Crippen molar-refractivity contribution in [3.8, 4) is 0 Å². The van der Waals surface area contributed by atoms with Crippen LogP contribution in [0.4, 0.5) is 0 Å². The van der Waals surface area contributed by atoms with Crippen LogP contribution in [0.1, 0.15) is 25.7 Å². The highest BCUT2D eigenvalue weighted by Gasteiger charge is 2.12. The Hall–Kier alpha value is -0.810. The molecule has 1 aliphatic rings. The van der Waals surface area contributed by atoms with E-state index in [1.165, 1.54) is 12.8 Å². The van der Waals surface area contributed by atoms with E-state index in [0.29, 0.717) is 6.54 Å². The van der Waals surface area contributed by atoms with Crippen LogP contribution in [0.3, 0.4) is 0 Å². The molecule has 2 N–H and O–H groups in total. The third-order valence-electron chi connectivity index (χ3n) is 2.50. The monoisotopic (exact) mass is 250 g/mol. The molecule has 1 fully saturated rings. The minimum Gasteiger partial charge on any atom is -0.480 e. The van der Waals surface area contributed by atoms with Gasteiger partial charge in [-0.1, -0.05) is 12.8 Å². The maximum absolute atomic E-state index is 11.3. The second-order valence-corrected chi connectivity index (χ2v) is 3.86. The van der Waals surface area contributed by atoms with E-state index in [-0.39, 0.29) is 24.9 Å².